The van der Waals surface area contributed by atoms with Gasteiger partial charge in [0.25, 0.3) is 0 Å². The molecule has 0 radical (unpaired) electrons. The Morgan fingerprint density at radius 2 is 1.70 bits per heavy atom. The Bertz CT molecular complexity index is 1120. The highest BCUT2D eigenvalue weighted by Crippen LogP contribution is 2.22. The van der Waals surface area contributed by atoms with E-state index in [0.717, 1.165) is 34.6 Å². The Morgan fingerprint density at radius 1 is 0.973 bits per heavy atom. The van der Waals surface area contributed by atoms with Crippen LogP contribution in [0, 0.1) is 6.92 Å². The van der Waals surface area contributed by atoms with E-state index in [-0.39, 0.29) is 11.8 Å². The van der Waals surface area contributed by atoms with Gasteiger partial charge in [0.15, 0.2) is 0 Å². The van der Waals surface area contributed by atoms with Crippen LogP contribution in [0.25, 0.3) is 0 Å². The number of nitrogens with zero attached hydrogens (tertiary/aromatic N) is 1. The largest absolute Gasteiger partial charge is 0.497 e. The van der Waals surface area contributed by atoms with Gasteiger partial charge in [0.2, 0.25) is 11.8 Å². The number of amides is 2. The summed E-state index contributed by atoms with van der Waals surface area (Å²) < 4.78 is 5.40. The van der Waals surface area contributed by atoms with Crippen molar-refractivity contribution in [2.24, 2.45) is 0 Å². The van der Waals surface area contributed by atoms with Crippen molar-refractivity contribution in [2.45, 2.75) is 57.0 Å². The van der Waals surface area contributed by atoms with Crippen molar-refractivity contribution in [2.75, 3.05) is 19.4 Å². The first kappa shape index (κ1) is 28.3. The lowest BCUT2D eigenvalue weighted by Crippen LogP contribution is -2.50. The molecule has 0 fully saturated rings. The lowest BCUT2D eigenvalue weighted by molar-refractivity contribution is -0.141. The number of hydrogen-bond acceptors (Lipinski definition) is 4. The summed E-state index contributed by atoms with van der Waals surface area (Å²) in [5.41, 5.74) is 3.16. The number of carbonyl (C=O) groups excluding carboxylic acids is 2. The Hall–Kier alpha value is -3.25. The van der Waals surface area contributed by atoms with Crippen LogP contribution in [0.1, 0.15) is 42.9 Å². The number of ether oxygens (including phenoxy) is 1. The van der Waals surface area contributed by atoms with E-state index in [2.05, 4.69) is 43.4 Å². The van der Waals surface area contributed by atoms with E-state index in [9.17, 15) is 9.59 Å². The molecule has 0 saturated heterocycles. The molecule has 0 heterocycles. The van der Waals surface area contributed by atoms with Crippen molar-refractivity contribution in [3.8, 4) is 5.75 Å². The summed E-state index contributed by atoms with van der Waals surface area (Å²) in [6.45, 7) is 5.10. The van der Waals surface area contributed by atoms with Crippen LogP contribution in [0.5, 0.6) is 5.75 Å². The summed E-state index contributed by atoms with van der Waals surface area (Å²) in [6, 6.07) is 25.3. The SMILES string of the molecule is CCCCNC(=O)C(Cc1ccccc1)N(Cc1cccc(OC)c1)C(=O)CCSc1ccc(C)cc1. The number of rotatable bonds is 14. The molecular formula is C31H38N2O3S. The third-order valence-corrected chi connectivity index (χ3v) is 7.21. The lowest BCUT2D eigenvalue weighted by Gasteiger charge is -2.31. The van der Waals surface area contributed by atoms with E-state index in [4.69, 9.17) is 4.74 Å². The van der Waals surface area contributed by atoms with Crippen molar-refractivity contribution in [1.29, 1.82) is 0 Å². The van der Waals surface area contributed by atoms with Crippen molar-refractivity contribution in [3.05, 3.63) is 95.6 Å². The third-order valence-electron chi connectivity index (χ3n) is 6.19. The topological polar surface area (TPSA) is 58.6 Å². The zero-order chi connectivity index (χ0) is 26.5. The zero-order valence-corrected chi connectivity index (χ0v) is 22.9. The molecular weight excluding hydrogens is 480 g/mol. The van der Waals surface area contributed by atoms with Crippen LogP contribution in [-0.4, -0.2) is 42.2 Å². The molecule has 0 bridgehead atoms. The molecule has 196 valence electrons. The molecule has 0 aromatic heterocycles. The van der Waals surface area contributed by atoms with Crippen LogP contribution in [0.15, 0.2) is 83.8 Å². The van der Waals surface area contributed by atoms with Crippen LogP contribution in [0.4, 0.5) is 0 Å². The summed E-state index contributed by atoms with van der Waals surface area (Å²) in [5.74, 6) is 1.23. The highest BCUT2D eigenvalue weighted by molar-refractivity contribution is 7.99. The average molecular weight is 519 g/mol. The van der Waals surface area contributed by atoms with Gasteiger partial charge in [-0.25, -0.2) is 0 Å². The van der Waals surface area contributed by atoms with Crippen molar-refractivity contribution in [1.82, 2.24) is 10.2 Å². The van der Waals surface area contributed by atoms with Crippen LogP contribution >= 0.6 is 11.8 Å². The predicted octanol–water partition coefficient (Wildman–Crippen LogP) is 6.04. The monoisotopic (exact) mass is 518 g/mol. The van der Waals surface area contributed by atoms with Crippen molar-refractivity contribution < 1.29 is 14.3 Å². The first-order valence-electron chi connectivity index (χ1n) is 12.9. The molecule has 5 nitrogen and oxygen atoms in total. The first-order valence-corrected chi connectivity index (χ1v) is 13.9. The number of benzene rings is 3. The Balaban J connectivity index is 1.84. The molecule has 3 aromatic carbocycles. The second-order valence-electron chi connectivity index (χ2n) is 9.13. The van der Waals surface area contributed by atoms with Gasteiger partial charge in [0.1, 0.15) is 11.8 Å². The fourth-order valence-corrected chi connectivity index (χ4v) is 4.90. The van der Waals surface area contributed by atoms with E-state index in [1.54, 1.807) is 23.8 Å². The minimum Gasteiger partial charge on any atom is -0.497 e. The summed E-state index contributed by atoms with van der Waals surface area (Å²) in [7, 11) is 1.63. The number of thioether (sulfide) groups is 1. The molecule has 0 spiro atoms. The molecule has 3 rings (SSSR count). The minimum absolute atomic E-state index is 0.0333. The van der Waals surface area contributed by atoms with Gasteiger partial charge in [0, 0.05) is 36.6 Å². The maximum Gasteiger partial charge on any atom is 0.243 e. The van der Waals surface area contributed by atoms with Gasteiger partial charge >= 0.3 is 0 Å². The quantitative estimate of drug-likeness (QED) is 0.209. The second kappa shape index (κ2) is 15.1. The molecule has 3 aromatic rings. The molecule has 1 atom stereocenters. The Kier molecular flexibility index (Phi) is 11.6. The van der Waals surface area contributed by atoms with E-state index in [1.807, 2.05) is 54.6 Å². The Labute approximate surface area is 225 Å². The van der Waals surface area contributed by atoms with Crippen molar-refractivity contribution >= 4 is 23.6 Å². The number of carbonyl (C=O) groups is 2. The molecule has 0 saturated carbocycles. The van der Waals surface area contributed by atoms with Crippen LogP contribution in [0.3, 0.4) is 0 Å². The van der Waals surface area contributed by atoms with Crippen LogP contribution in [-0.2, 0) is 22.6 Å². The normalized spacial score (nSPS) is 11.5. The second-order valence-corrected chi connectivity index (χ2v) is 10.3. The minimum atomic E-state index is -0.609. The fourth-order valence-electron chi connectivity index (χ4n) is 4.06. The highest BCUT2D eigenvalue weighted by Gasteiger charge is 2.30. The third kappa shape index (κ3) is 9.29. The van der Waals surface area contributed by atoms with Gasteiger partial charge in [-0.15, -0.1) is 11.8 Å². The van der Waals surface area contributed by atoms with Gasteiger partial charge in [-0.3, -0.25) is 9.59 Å². The number of aryl methyl sites for hydroxylation is 1. The lowest BCUT2D eigenvalue weighted by atomic mass is 10.0. The summed E-state index contributed by atoms with van der Waals surface area (Å²) >= 11 is 1.66. The van der Waals surface area contributed by atoms with E-state index < -0.39 is 6.04 Å². The molecule has 0 aliphatic heterocycles. The predicted molar refractivity (Wildman–Crippen MR) is 152 cm³/mol. The standard InChI is InChI=1S/C31H38N2O3S/c1-4-5-19-32-31(35)29(22-25-10-7-6-8-11-25)33(23-26-12-9-13-27(21-26)36-3)30(34)18-20-37-28-16-14-24(2)15-17-28/h6-17,21,29H,4-5,18-20,22-23H2,1-3H3,(H,32,35). The molecule has 1 unspecified atom stereocenters. The van der Waals surface area contributed by atoms with Gasteiger partial charge in [-0.05, 0) is 48.7 Å². The van der Waals surface area contributed by atoms with Gasteiger partial charge in [-0.2, -0.15) is 0 Å². The molecule has 6 heteroatoms. The van der Waals surface area contributed by atoms with E-state index in [0.29, 0.717) is 31.7 Å². The number of unbranched alkanes of at least 4 members (excludes halogenated alkanes) is 1. The highest BCUT2D eigenvalue weighted by atomic mass is 32.2. The first-order chi connectivity index (χ1) is 18.0. The molecule has 0 aliphatic carbocycles. The zero-order valence-electron chi connectivity index (χ0n) is 22.1. The summed E-state index contributed by atoms with van der Waals surface area (Å²) in [6.07, 6.45) is 2.70. The number of nitrogens with one attached hydrogen (secondary N) is 1. The maximum atomic E-state index is 13.7. The summed E-state index contributed by atoms with van der Waals surface area (Å²) in [4.78, 5) is 30.1. The number of hydrogen-bond donors (Lipinski definition) is 1. The van der Waals surface area contributed by atoms with Crippen molar-refractivity contribution in [3.63, 3.8) is 0 Å². The van der Waals surface area contributed by atoms with Crippen LogP contribution < -0.4 is 10.1 Å². The molecule has 0 aliphatic rings. The smallest absolute Gasteiger partial charge is 0.243 e. The fraction of sp³-hybridized carbons (Fsp3) is 0.355. The number of methoxy groups -OCH3 is 1. The van der Waals surface area contributed by atoms with Crippen LogP contribution in [0.2, 0.25) is 0 Å². The van der Waals surface area contributed by atoms with E-state index >= 15 is 0 Å². The molecule has 1 N–H and O–H groups in total. The van der Waals surface area contributed by atoms with Gasteiger partial charge in [-0.1, -0.05) is 73.5 Å². The van der Waals surface area contributed by atoms with Gasteiger partial charge in [0.05, 0.1) is 7.11 Å². The molecule has 2 amide bonds. The Morgan fingerprint density at radius 3 is 2.41 bits per heavy atom. The maximum absolute atomic E-state index is 13.7. The van der Waals surface area contributed by atoms with E-state index in [1.165, 1.54) is 5.56 Å². The molecule has 37 heavy (non-hydrogen) atoms. The summed E-state index contributed by atoms with van der Waals surface area (Å²) in [5, 5.41) is 3.07. The average Bonchev–Trinajstić information content (AvgIpc) is 2.92. The van der Waals surface area contributed by atoms with Gasteiger partial charge < -0.3 is 15.0 Å².